The summed E-state index contributed by atoms with van der Waals surface area (Å²) >= 11 is 0. The van der Waals surface area contributed by atoms with Gasteiger partial charge in [0, 0.05) is 25.6 Å². The van der Waals surface area contributed by atoms with E-state index in [1.54, 1.807) is 12.1 Å². The molecular weight excluding hydrogens is 328 g/mol. The number of amides is 1. The van der Waals surface area contributed by atoms with Crippen LogP contribution in [0.4, 0.5) is 0 Å². The van der Waals surface area contributed by atoms with Gasteiger partial charge in [0.15, 0.2) is 0 Å². The Morgan fingerprint density at radius 1 is 1.25 bits per heavy atom. The van der Waals surface area contributed by atoms with Crippen molar-refractivity contribution in [3.05, 3.63) is 23.3 Å². The molecule has 0 aliphatic carbocycles. The molecule has 1 aliphatic heterocycles. The number of sulfonamides is 1. The van der Waals surface area contributed by atoms with E-state index in [1.165, 1.54) is 11.4 Å². The van der Waals surface area contributed by atoms with Crippen molar-refractivity contribution in [1.29, 1.82) is 0 Å². The van der Waals surface area contributed by atoms with E-state index in [-0.39, 0.29) is 16.7 Å². The van der Waals surface area contributed by atoms with Crippen LogP contribution >= 0.6 is 0 Å². The molecule has 1 fully saturated rings. The molecule has 6 nitrogen and oxygen atoms in total. The molecule has 0 aromatic heterocycles. The minimum atomic E-state index is -3.63. The van der Waals surface area contributed by atoms with Crippen LogP contribution in [0.25, 0.3) is 0 Å². The number of rotatable bonds is 5. The van der Waals surface area contributed by atoms with Crippen molar-refractivity contribution in [2.75, 3.05) is 26.7 Å². The zero-order valence-electron chi connectivity index (χ0n) is 14.8. The number of benzene rings is 1. The smallest absolute Gasteiger partial charge is 0.246 e. The topological polar surface area (TPSA) is 75.7 Å². The number of nitrogens with one attached hydrogen (secondary N) is 1. The van der Waals surface area contributed by atoms with Crippen molar-refractivity contribution in [2.24, 2.45) is 5.92 Å². The Morgan fingerprint density at radius 3 is 2.38 bits per heavy atom. The highest BCUT2D eigenvalue weighted by molar-refractivity contribution is 7.89. The zero-order valence-corrected chi connectivity index (χ0v) is 15.6. The fraction of sp³-hybridized carbons (Fsp3) is 0.588. The standard InChI is InChI=1S/C17H26N2O4S/c1-5-18-17(20)14-6-8-19(9-7-14)24(21,22)16-11-13(3)12(2)10-15(16)23-4/h10-11,14H,5-9H2,1-4H3,(H,18,20). The molecule has 0 atom stereocenters. The van der Waals surface area contributed by atoms with Crippen LogP contribution < -0.4 is 10.1 Å². The lowest BCUT2D eigenvalue weighted by molar-refractivity contribution is -0.126. The van der Waals surface area contributed by atoms with Gasteiger partial charge in [0.1, 0.15) is 10.6 Å². The molecule has 1 amide bonds. The second kappa shape index (κ2) is 7.53. The summed E-state index contributed by atoms with van der Waals surface area (Å²) < 4.78 is 32.7. The van der Waals surface area contributed by atoms with E-state index in [9.17, 15) is 13.2 Å². The quantitative estimate of drug-likeness (QED) is 0.875. The molecule has 1 N–H and O–H groups in total. The normalized spacial score (nSPS) is 16.8. The monoisotopic (exact) mass is 354 g/mol. The molecule has 1 saturated heterocycles. The van der Waals surface area contributed by atoms with Gasteiger partial charge >= 0.3 is 0 Å². The molecule has 7 heteroatoms. The summed E-state index contributed by atoms with van der Waals surface area (Å²) in [7, 11) is -2.15. The Hall–Kier alpha value is -1.60. The summed E-state index contributed by atoms with van der Waals surface area (Å²) in [4.78, 5) is 12.1. The fourth-order valence-electron chi connectivity index (χ4n) is 2.94. The zero-order chi connectivity index (χ0) is 17.9. The highest BCUT2D eigenvalue weighted by Crippen LogP contribution is 2.32. The van der Waals surface area contributed by atoms with Crippen LogP contribution in [0, 0.1) is 19.8 Å². The lowest BCUT2D eigenvalue weighted by Gasteiger charge is -2.31. The van der Waals surface area contributed by atoms with Crippen LogP contribution in [0.2, 0.25) is 0 Å². The predicted octanol–water partition coefficient (Wildman–Crippen LogP) is 1.85. The number of aryl methyl sites for hydroxylation is 2. The van der Waals surface area contributed by atoms with Gasteiger partial charge in [-0.1, -0.05) is 0 Å². The number of carbonyl (C=O) groups excluding carboxylic acids is 1. The molecule has 1 aliphatic rings. The molecule has 1 heterocycles. The van der Waals surface area contributed by atoms with Crippen molar-refractivity contribution in [3.8, 4) is 5.75 Å². The number of piperidine rings is 1. The predicted molar refractivity (Wildman–Crippen MR) is 92.6 cm³/mol. The van der Waals surface area contributed by atoms with Crippen LogP contribution in [0.5, 0.6) is 5.75 Å². The Kier molecular flexibility index (Phi) is 5.87. The summed E-state index contributed by atoms with van der Waals surface area (Å²) in [6, 6.07) is 3.42. The Bertz CT molecular complexity index is 708. The molecule has 0 bridgehead atoms. The molecule has 0 saturated carbocycles. The average molecular weight is 354 g/mol. The molecule has 134 valence electrons. The summed E-state index contributed by atoms with van der Waals surface area (Å²) in [6.45, 7) is 6.97. The maximum Gasteiger partial charge on any atom is 0.246 e. The fourth-order valence-corrected chi connectivity index (χ4v) is 4.63. The van der Waals surface area contributed by atoms with E-state index in [0.29, 0.717) is 38.2 Å². The van der Waals surface area contributed by atoms with Gasteiger partial charge in [0.25, 0.3) is 0 Å². The Morgan fingerprint density at radius 2 is 1.83 bits per heavy atom. The van der Waals surface area contributed by atoms with Crippen LogP contribution in [0.3, 0.4) is 0 Å². The third-order valence-corrected chi connectivity index (χ3v) is 6.49. The third kappa shape index (κ3) is 3.72. The van der Waals surface area contributed by atoms with Gasteiger partial charge in [-0.2, -0.15) is 4.31 Å². The SMILES string of the molecule is CCNC(=O)C1CCN(S(=O)(=O)c2cc(C)c(C)cc2OC)CC1. The van der Waals surface area contributed by atoms with E-state index in [2.05, 4.69) is 5.32 Å². The van der Waals surface area contributed by atoms with E-state index < -0.39 is 10.0 Å². The number of nitrogens with zero attached hydrogens (tertiary/aromatic N) is 1. The second-order valence-corrected chi connectivity index (χ2v) is 8.07. The summed E-state index contributed by atoms with van der Waals surface area (Å²) in [6.07, 6.45) is 1.08. The largest absolute Gasteiger partial charge is 0.495 e. The summed E-state index contributed by atoms with van der Waals surface area (Å²) in [5.74, 6) is 0.264. The van der Waals surface area contributed by atoms with Crippen molar-refractivity contribution >= 4 is 15.9 Å². The van der Waals surface area contributed by atoms with E-state index in [0.717, 1.165) is 11.1 Å². The van der Waals surface area contributed by atoms with Gasteiger partial charge in [-0.05, 0) is 56.9 Å². The average Bonchev–Trinajstić information content (AvgIpc) is 2.57. The van der Waals surface area contributed by atoms with Gasteiger partial charge in [-0.15, -0.1) is 0 Å². The molecule has 0 unspecified atom stereocenters. The van der Waals surface area contributed by atoms with Crippen LogP contribution in [-0.4, -0.2) is 45.4 Å². The summed E-state index contributed by atoms with van der Waals surface area (Å²) in [5.41, 5.74) is 1.90. The number of methoxy groups -OCH3 is 1. The Labute approximate surface area is 144 Å². The summed E-state index contributed by atoms with van der Waals surface area (Å²) in [5, 5.41) is 2.81. The van der Waals surface area contributed by atoms with E-state index >= 15 is 0 Å². The minimum Gasteiger partial charge on any atom is -0.495 e. The lowest BCUT2D eigenvalue weighted by atomic mass is 9.97. The molecule has 2 rings (SSSR count). The molecule has 24 heavy (non-hydrogen) atoms. The van der Waals surface area contributed by atoms with Crippen molar-refractivity contribution < 1.29 is 17.9 Å². The maximum absolute atomic E-state index is 13.0. The van der Waals surface area contributed by atoms with Gasteiger partial charge in [0.05, 0.1) is 7.11 Å². The first-order chi connectivity index (χ1) is 11.3. The minimum absolute atomic E-state index is 0.0123. The Balaban J connectivity index is 2.21. The van der Waals surface area contributed by atoms with E-state index in [1.807, 2.05) is 20.8 Å². The first kappa shape index (κ1) is 18.7. The second-order valence-electron chi connectivity index (χ2n) is 6.16. The maximum atomic E-state index is 13.0. The van der Waals surface area contributed by atoms with Crippen LogP contribution in [0.15, 0.2) is 17.0 Å². The number of ether oxygens (including phenoxy) is 1. The van der Waals surface area contributed by atoms with Gasteiger partial charge < -0.3 is 10.1 Å². The lowest BCUT2D eigenvalue weighted by Crippen LogP contribution is -2.43. The number of carbonyl (C=O) groups is 1. The number of hydrogen-bond acceptors (Lipinski definition) is 4. The first-order valence-electron chi connectivity index (χ1n) is 8.24. The van der Waals surface area contributed by atoms with Gasteiger partial charge in [-0.25, -0.2) is 8.42 Å². The molecule has 1 aromatic rings. The van der Waals surface area contributed by atoms with Crippen molar-refractivity contribution in [2.45, 2.75) is 38.5 Å². The van der Waals surface area contributed by atoms with Crippen LogP contribution in [0.1, 0.15) is 30.9 Å². The van der Waals surface area contributed by atoms with E-state index in [4.69, 9.17) is 4.74 Å². The van der Waals surface area contributed by atoms with Gasteiger partial charge in [-0.3, -0.25) is 4.79 Å². The molecular formula is C17H26N2O4S. The first-order valence-corrected chi connectivity index (χ1v) is 9.68. The van der Waals surface area contributed by atoms with Crippen LogP contribution in [-0.2, 0) is 14.8 Å². The van der Waals surface area contributed by atoms with Crippen molar-refractivity contribution in [3.63, 3.8) is 0 Å². The molecule has 1 aromatic carbocycles. The third-order valence-electron chi connectivity index (χ3n) is 4.57. The van der Waals surface area contributed by atoms with Gasteiger partial charge in [0.2, 0.25) is 15.9 Å². The highest BCUT2D eigenvalue weighted by Gasteiger charge is 2.33. The molecule has 0 radical (unpaired) electrons. The molecule has 0 spiro atoms. The highest BCUT2D eigenvalue weighted by atomic mass is 32.2. The van der Waals surface area contributed by atoms with Crippen molar-refractivity contribution in [1.82, 2.24) is 9.62 Å². The number of hydrogen-bond donors (Lipinski definition) is 1.